The standard InChI is InChI=1S/C24H19N3O3/c28-16-18(14-17-8-2-1-3-9-17)26-24(29)30-23-15-22(21-12-6-7-13-25-21)27-20-11-5-4-10-19(20)23/h1-13,15-16,18H,14H2,(H,26,29)/t18-/m0/s1. The molecule has 6 nitrogen and oxygen atoms in total. The first kappa shape index (κ1) is 19.3. The van der Waals surface area contributed by atoms with Crippen molar-refractivity contribution >= 4 is 23.3 Å². The van der Waals surface area contributed by atoms with Gasteiger partial charge in [0.2, 0.25) is 0 Å². The Morgan fingerprint density at radius 3 is 2.50 bits per heavy atom. The fraction of sp³-hybridized carbons (Fsp3) is 0.0833. The molecule has 0 aliphatic rings. The van der Waals surface area contributed by atoms with E-state index in [1.165, 1.54) is 0 Å². The molecule has 0 bridgehead atoms. The fourth-order valence-corrected chi connectivity index (χ4v) is 3.16. The number of fused-ring (bicyclic) bond motifs is 1. The molecule has 2 heterocycles. The maximum Gasteiger partial charge on any atom is 0.413 e. The Balaban J connectivity index is 1.57. The number of carbonyl (C=O) groups is 2. The molecule has 30 heavy (non-hydrogen) atoms. The lowest BCUT2D eigenvalue weighted by molar-refractivity contribution is -0.109. The number of rotatable bonds is 6. The molecule has 0 unspecified atom stereocenters. The number of hydrogen-bond donors (Lipinski definition) is 1. The second kappa shape index (κ2) is 8.96. The quantitative estimate of drug-likeness (QED) is 0.493. The fourth-order valence-electron chi connectivity index (χ4n) is 3.16. The van der Waals surface area contributed by atoms with Crippen LogP contribution in [-0.4, -0.2) is 28.4 Å². The molecule has 0 fully saturated rings. The number of benzene rings is 2. The molecule has 2 aromatic heterocycles. The molecule has 1 atom stereocenters. The van der Waals surface area contributed by atoms with Crippen LogP contribution < -0.4 is 10.1 Å². The molecule has 0 spiro atoms. The average Bonchev–Trinajstić information content (AvgIpc) is 2.80. The van der Waals surface area contributed by atoms with Crippen LogP contribution in [0.15, 0.2) is 85.1 Å². The maximum atomic E-state index is 12.5. The molecular formula is C24H19N3O3. The van der Waals surface area contributed by atoms with Crippen molar-refractivity contribution in [1.29, 1.82) is 0 Å². The zero-order valence-electron chi connectivity index (χ0n) is 16.1. The molecule has 1 amide bonds. The monoisotopic (exact) mass is 397 g/mol. The van der Waals surface area contributed by atoms with E-state index in [1.54, 1.807) is 12.3 Å². The third kappa shape index (κ3) is 4.50. The minimum Gasteiger partial charge on any atom is -0.410 e. The third-order valence-corrected chi connectivity index (χ3v) is 4.57. The Morgan fingerprint density at radius 1 is 0.967 bits per heavy atom. The van der Waals surface area contributed by atoms with Crippen molar-refractivity contribution in [3.05, 3.63) is 90.6 Å². The summed E-state index contributed by atoms with van der Waals surface area (Å²) in [5, 5.41) is 3.31. The lowest BCUT2D eigenvalue weighted by atomic mass is 10.1. The second-order valence-electron chi connectivity index (χ2n) is 6.70. The highest BCUT2D eigenvalue weighted by molar-refractivity contribution is 5.90. The first-order valence-corrected chi connectivity index (χ1v) is 9.51. The van der Waals surface area contributed by atoms with Gasteiger partial charge in [-0.2, -0.15) is 0 Å². The average molecular weight is 397 g/mol. The largest absolute Gasteiger partial charge is 0.413 e. The van der Waals surface area contributed by atoms with Crippen LogP contribution in [-0.2, 0) is 11.2 Å². The van der Waals surface area contributed by atoms with Gasteiger partial charge in [0.15, 0.2) is 0 Å². The number of ether oxygens (including phenoxy) is 1. The summed E-state index contributed by atoms with van der Waals surface area (Å²) in [6.45, 7) is 0. The number of amides is 1. The first-order valence-electron chi connectivity index (χ1n) is 9.51. The molecule has 148 valence electrons. The highest BCUT2D eigenvalue weighted by atomic mass is 16.6. The van der Waals surface area contributed by atoms with E-state index in [2.05, 4.69) is 15.3 Å². The van der Waals surface area contributed by atoms with Crippen molar-refractivity contribution in [2.75, 3.05) is 0 Å². The van der Waals surface area contributed by atoms with Crippen molar-refractivity contribution in [3.8, 4) is 17.1 Å². The van der Waals surface area contributed by atoms with E-state index in [0.29, 0.717) is 40.7 Å². The zero-order valence-corrected chi connectivity index (χ0v) is 16.1. The van der Waals surface area contributed by atoms with Crippen molar-refractivity contribution in [3.63, 3.8) is 0 Å². The van der Waals surface area contributed by atoms with Gasteiger partial charge in [-0.1, -0.05) is 48.5 Å². The summed E-state index contributed by atoms with van der Waals surface area (Å²) in [6, 6.07) is 23.4. The molecule has 6 heteroatoms. The lowest BCUT2D eigenvalue weighted by Crippen LogP contribution is -2.39. The Labute approximate surface area is 173 Å². The summed E-state index contributed by atoms with van der Waals surface area (Å²) in [5.74, 6) is 0.350. The molecule has 0 aliphatic heterocycles. The SMILES string of the molecule is O=C[C@H](Cc1ccccc1)NC(=O)Oc1cc(-c2ccccn2)nc2ccccc12. The molecule has 1 N–H and O–H groups in total. The minimum absolute atomic E-state index is 0.350. The van der Waals surface area contributed by atoms with E-state index in [-0.39, 0.29) is 0 Å². The van der Waals surface area contributed by atoms with Crippen molar-refractivity contribution in [2.24, 2.45) is 0 Å². The van der Waals surface area contributed by atoms with Gasteiger partial charge in [0.1, 0.15) is 12.0 Å². The van der Waals surface area contributed by atoms with Crippen molar-refractivity contribution in [2.45, 2.75) is 12.5 Å². The molecule has 4 rings (SSSR count). The molecule has 0 radical (unpaired) electrons. The number of carbonyl (C=O) groups excluding carboxylic acids is 2. The Kier molecular flexibility index (Phi) is 5.75. The summed E-state index contributed by atoms with van der Waals surface area (Å²) < 4.78 is 5.58. The normalized spacial score (nSPS) is 11.6. The Hall–Kier alpha value is -4.06. The van der Waals surface area contributed by atoms with Crippen LogP contribution in [0.2, 0.25) is 0 Å². The maximum absolute atomic E-state index is 12.5. The molecule has 2 aromatic carbocycles. The van der Waals surface area contributed by atoms with Crippen LogP contribution in [0.25, 0.3) is 22.3 Å². The number of pyridine rings is 2. The Bertz CT molecular complexity index is 1160. The van der Waals surface area contributed by atoms with Crippen LogP contribution in [0.5, 0.6) is 5.75 Å². The van der Waals surface area contributed by atoms with Gasteiger partial charge in [0.05, 0.1) is 22.9 Å². The van der Waals surface area contributed by atoms with E-state index >= 15 is 0 Å². The van der Waals surface area contributed by atoms with Gasteiger partial charge in [0.25, 0.3) is 0 Å². The molecule has 0 saturated heterocycles. The highest BCUT2D eigenvalue weighted by Crippen LogP contribution is 2.29. The zero-order chi connectivity index (χ0) is 20.8. The Morgan fingerprint density at radius 2 is 1.73 bits per heavy atom. The topological polar surface area (TPSA) is 81.2 Å². The van der Waals surface area contributed by atoms with Gasteiger partial charge < -0.3 is 14.8 Å². The second-order valence-corrected chi connectivity index (χ2v) is 6.70. The molecule has 4 aromatic rings. The van der Waals surface area contributed by atoms with E-state index in [4.69, 9.17) is 4.74 Å². The van der Waals surface area contributed by atoms with Crippen LogP contribution in [0, 0.1) is 0 Å². The van der Waals surface area contributed by atoms with Crippen LogP contribution in [0.4, 0.5) is 4.79 Å². The van der Waals surface area contributed by atoms with Gasteiger partial charge in [0, 0.05) is 17.6 Å². The number of hydrogen-bond acceptors (Lipinski definition) is 5. The highest BCUT2D eigenvalue weighted by Gasteiger charge is 2.16. The predicted molar refractivity (Wildman–Crippen MR) is 114 cm³/mol. The van der Waals surface area contributed by atoms with Crippen LogP contribution in [0.3, 0.4) is 0 Å². The summed E-state index contributed by atoms with van der Waals surface area (Å²) >= 11 is 0. The number of aromatic nitrogens is 2. The van der Waals surface area contributed by atoms with E-state index in [1.807, 2.05) is 72.8 Å². The minimum atomic E-state index is -0.702. The number of nitrogens with zero attached hydrogens (tertiary/aromatic N) is 2. The van der Waals surface area contributed by atoms with Gasteiger partial charge in [-0.25, -0.2) is 9.78 Å². The van der Waals surface area contributed by atoms with Gasteiger partial charge in [-0.3, -0.25) is 4.98 Å². The number of nitrogens with one attached hydrogen (secondary N) is 1. The molecule has 0 aliphatic carbocycles. The van der Waals surface area contributed by atoms with Crippen molar-refractivity contribution < 1.29 is 14.3 Å². The van der Waals surface area contributed by atoms with Crippen LogP contribution >= 0.6 is 0 Å². The lowest BCUT2D eigenvalue weighted by Gasteiger charge is -2.14. The van der Waals surface area contributed by atoms with E-state index in [0.717, 1.165) is 5.56 Å². The smallest absolute Gasteiger partial charge is 0.410 e. The van der Waals surface area contributed by atoms with Crippen molar-refractivity contribution in [1.82, 2.24) is 15.3 Å². The van der Waals surface area contributed by atoms with E-state index < -0.39 is 12.1 Å². The molecule has 0 saturated carbocycles. The summed E-state index contributed by atoms with van der Waals surface area (Å²) in [6.07, 6.45) is 2.07. The van der Waals surface area contributed by atoms with Crippen LogP contribution in [0.1, 0.15) is 5.56 Å². The first-order chi connectivity index (χ1) is 14.7. The van der Waals surface area contributed by atoms with Gasteiger partial charge in [-0.05, 0) is 36.2 Å². The van der Waals surface area contributed by atoms with E-state index in [9.17, 15) is 9.59 Å². The summed E-state index contributed by atoms with van der Waals surface area (Å²) in [5.41, 5.74) is 2.89. The van der Waals surface area contributed by atoms with Gasteiger partial charge in [-0.15, -0.1) is 0 Å². The summed E-state index contributed by atoms with van der Waals surface area (Å²) in [7, 11) is 0. The summed E-state index contributed by atoms with van der Waals surface area (Å²) in [4.78, 5) is 32.9. The number of para-hydroxylation sites is 1. The number of aldehydes is 1. The third-order valence-electron chi connectivity index (χ3n) is 4.57. The molecular weight excluding hydrogens is 378 g/mol. The predicted octanol–water partition coefficient (Wildman–Crippen LogP) is 4.20. The van der Waals surface area contributed by atoms with Gasteiger partial charge >= 0.3 is 6.09 Å².